The second-order valence-corrected chi connectivity index (χ2v) is 9.82. The van der Waals surface area contributed by atoms with Crippen LogP contribution in [0.3, 0.4) is 0 Å². The Bertz CT molecular complexity index is 1140. The quantitative estimate of drug-likeness (QED) is 0.565. The minimum Gasteiger partial charge on any atom is -0.489 e. The predicted molar refractivity (Wildman–Crippen MR) is 122 cm³/mol. The number of amides is 1. The summed E-state index contributed by atoms with van der Waals surface area (Å²) < 4.78 is 33.3. The summed E-state index contributed by atoms with van der Waals surface area (Å²) in [4.78, 5) is 12.7. The Labute approximate surface area is 183 Å². The largest absolute Gasteiger partial charge is 0.489 e. The molecule has 0 aliphatic carbocycles. The van der Waals surface area contributed by atoms with Crippen molar-refractivity contribution in [3.8, 4) is 5.75 Å². The molecule has 31 heavy (non-hydrogen) atoms. The number of hydrogen-bond donors (Lipinski definition) is 2. The van der Waals surface area contributed by atoms with Crippen LogP contribution in [0.2, 0.25) is 0 Å². The lowest BCUT2D eigenvalue weighted by atomic mass is 10.1. The van der Waals surface area contributed by atoms with Crippen molar-refractivity contribution in [1.29, 1.82) is 0 Å². The average molecular weight is 439 g/mol. The van der Waals surface area contributed by atoms with Crippen LogP contribution in [-0.2, 0) is 16.6 Å². The SMILES string of the molecule is CC(C)(C)NS(=O)(=O)c1cccc(NC(=O)c2ccc(COc3ccccc3)cc2)c1. The second kappa shape index (κ2) is 9.32. The fourth-order valence-electron chi connectivity index (χ4n) is 2.84. The van der Waals surface area contributed by atoms with Crippen LogP contribution in [0, 0.1) is 0 Å². The molecular formula is C24H26N2O4S. The summed E-state index contributed by atoms with van der Waals surface area (Å²) in [5.74, 6) is 0.453. The maximum Gasteiger partial charge on any atom is 0.255 e. The summed E-state index contributed by atoms with van der Waals surface area (Å²) in [7, 11) is -3.69. The van der Waals surface area contributed by atoms with Crippen LogP contribution in [0.1, 0.15) is 36.7 Å². The van der Waals surface area contributed by atoms with Gasteiger partial charge < -0.3 is 10.1 Å². The molecule has 0 heterocycles. The topological polar surface area (TPSA) is 84.5 Å². The molecule has 0 saturated carbocycles. The van der Waals surface area contributed by atoms with Crippen molar-refractivity contribution in [3.05, 3.63) is 90.0 Å². The number of sulfonamides is 1. The van der Waals surface area contributed by atoms with Gasteiger partial charge in [-0.1, -0.05) is 36.4 Å². The third-order valence-corrected chi connectivity index (χ3v) is 5.96. The highest BCUT2D eigenvalue weighted by Gasteiger charge is 2.22. The fraction of sp³-hybridized carbons (Fsp3) is 0.208. The van der Waals surface area contributed by atoms with Gasteiger partial charge in [0.1, 0.15) is 12.4 Å². The molecule has 0 radical (unpaired) electrons. The van der Waals surface area contributed by atoms with Crippen molar-refractivity contribution in [2.75, 3.05) is 5.32 Å². The first-order valence-electron chi connectivity index (χ1n) is 9.85. The minimum atomic E-state index is -3.69. The standard InChI is InChI=1S/C24H26N2O4S/c1-24(2,3)26-31(28,29)22-11-7-8-20(16-22)25-23(27)19-14-12-18(13-15-19)17-30-21-9-5-4-6-10-21/h4-16,26H,17H2,1-3H3,(H,25,27). The van der Waals surface area contributed by atoms with E-state index in [0.717, 1.165) is 11.3 Å². The molecule has 162 valence electrons. The lowest BCUT2D eigenvalue weighted by Gasteiger charge is -2.20. The summed E-state index contributed by atoms with van der Waals surface area (Å²) in [6.45, 7) is 5.70. The van der Waals surface area contributed by atoms with Crippen molar-refractivity contribution in [3.63, 3.8) is 0 Å². The summed E-state index contributed by atoms with van der Waals surface area (Å²) in [5.41, 5.74) is 1.19. The van der Waals surface area contributed by atoms with E-state index in [1.165, 1.54) is 12.1 Å². The van der Waals surface area contributed by atoms with Crippen LogP contribution in [0.5, 0.6) is 5.75 Å². The normalized spacial score (nSPS) is 11.7. The molecule has 3 aromatic carbocycles. The van der Waals surface area contributed by atoms with Crippen LogP contribution in [0.15, 0.2) is 83.8 Å². The van der Waals surface area contributed by atoms with E-state index in [0.29, 0.717) is 17.9 Å². The first-order chi connectivity index (χ1) is 14.6. The van der Waals surface area contributed by atoms with E-state index in [4.69, 9.17) is 4.74 Å². The molecule has 1 amide bonds. The predicted octanol–water partition coefficient (Wildman–Crippen LogP) is 4.59. The first-order valence-corrected chi connectivity index (χ1v) is 11.3. The summed E-state index contributed by atoms with van der Waals surface area (Å²) in [6, 6.07) is 22.7. The third kappa shape index (κ3) is 6.67. The first kappa shape index (κ1) is 22.5. The summed E-state index contributed by atoms with van der Waals surface area (Å²) in [5, 5.41) is 2.75. The van der Waals surface area contributed by atoms with E-state index in [-0.39, 0.29) is 10.8 Å². The van der Waals surface area contributed by atoms with Crippen LogP contribution in [0.25, 0.3) is 0 Å². The maximum atomic E-state index is 12.6. The van der Waals surface area contributed by atoms with Crippen molar-refractivity contribution >= 4 is 21.6 Å². The van der Waals surface area contributed by atoms with E-state index in [1.54, 1.807) is 45.0 Å². The van der Waals surface area contributed by atoms with E-state index in [2.05, 4.69) is 10.0 Å². The van der Waals surface area contributed by atoms with E-state index in [1.807, 2.05) is 42.5 Å². The highest BCUT2D eigenvalue weighted by molar-refractivity contribution is 7.89. The van der Waals surface area contributed by atoms with Gasteiger partial charge >= 0.3 is 0 Å². The second-order valence-electron chi connectivity index (χ2n) is 8.14. The van der Waals surface area contributed by atoms with E-state index >= 15 is 0 Å². The van der Waals surface area contributed by atoms with Crippen LogP contribution in [0.4, 0.5) is 5.69 Å². The molecule has 3 aromatic rings. The molecule has 2 N–H and O–H groups in total. The lowest BCUT2D eigenvalue weighted by Crippen LogP contribution is -2.40. The van der Waals surface area contributed by atoms with Gasteiger partial charge in [0.05, 0.1) is 4.90 Å². The molecule has 0 spiro atoms. The molecule has 0 aliphatic rings. The number of carbonyl (C=O) groups excluding carboxylic acids is 1. The van der Waals surface area contributed by atoms with E-state index in [9.17, 15) is 13.2 Å². The zero-order chi connectivity index (χ0) is 22.5. The average Bonchev–Trinajstić information content (AvgIpc) is 2.72. The number of ether oxygens (including phenoxy) is 1. The summed E-state index contributed by atoms with van der Waals surface area (Å²) in [6.07, 6.45) is 0. The molecule has 3 rings (SSSR count). The van der Waals surface area contributed by atoms with Crippen LogP contribution < -0.4 is 14.8 Å². The van der Waals surface area contributed by atoms with Gasteiger partial charge in [-0.3, -0.25) is 4.79 Å². The Morgan fingerprint density at radius 1 is 0.903 bits per heavy atom. The summed E-state index contributed by atoms with van der Waals surface area (Å²) >= 11 is 0. The van der Waals surface area contributed by atoms with Gasteiger partial charge in [-0.25, -0.2) is 13.1 Å². The van der Waals surface area contributed by atoms with Crippen molar-refractivity contribution in [2.24, 2.45) is 0 Å². The van der Waals surface area contributed by atoms with Gasteiger partial charge in [0.15, 0.2) is 0 Å². The van der Waals surface area contributed by atoms with Gasteiger partial charge in [0.2, 0.25) is 10.0 Å². The Hall–Kier alpha value is -3.16. The number of para-hydroxylation sites is 1. The molecule has 0 bridgehead atoms. The minimum absolute atomic E-state index is 0.0913. The molecule has 0 saturated heterocycles. The smallest absolute Gasteiger partial charge is 0.255 e. The molecule has 0 atom stereocenters. The van der Waals surface area contributed by atoms with Crippen molar-refractivity contribution < 1.29 is 17.9 Å². The Balaban J connectivity index is 1.65. The molecule has 0 fully saturated rings. The molecule has 0 aliphatic heterocycles. The Kier molecular flexibility index (Phi) is 6.77. The molecule has 0 aromatic heterocycles. The van der Waals surface area contributed by atoms with Crippen molar-refractivity contribution in [1.82, 2.24) is 4.72 Å². The number of anilines is 1. The monoisotopic (exact) mass is 438 g/mol. The molecule has 0 unspecified atom stereocenters. The third-order valence-electron chi connectivity index (χ3n) is 4.21. The Morgan fingerprint density at radius 3 is 2.23 bits per heavy atom. The van der Waals surface area contributed by atoms with Gasteiger partial charge in [0.25, 0.3) is 5.91 Å². The highest BCUT2D eigenvalue weighted by atomic mass is 32.2. The van der Waals surface area contributed by atoms with Crippen LogP contribution >= 0.6 is 0 Å². The van der Waals surface area contributed by atoms with E-state index < -0.39 is 15.6 Å². The maximum absolute atomic E-state index is 12.6. The van der Waals surface area contributed by atoms with Crippen molar-refractivity contribution in [2.45, 2.75) is 37.8 Å². The van der Waals surface area contributed by atoms with Gasteiger partial charge in [0, 0.05) is 16.8 Å². The zero-order valence-corrected chi connectivity index (χ0v) is 18.6. The number of nitrogens with one attached hydrogen (secondary N) is 2. The van der Waals surface area contributed by atoms with Gasteiger partial charge in [-0.15, -0.1) is 0 Å². The number of hydrogen-bond acceptors (Lipinski definition) is 4. The molecule has 7 heteroatoms. The van der Waals surface area contributed by atoms with Gasteiger partial charge in [-0.05, 0) is 68.8 Å². The fourth-order valence-corrected chi connectivity index (χ4v) is 4.31. The Morgan fingerprint density at radius 2 is 1.58 bits per heavy atom. The molecular weight excluding hydrogens is 412 g/mol. The highest BCUT2D eigenvalue weighted by Crippen LogP contribution is 2.19. The van der Waals surface area contributed by atoms with Gasteiger partial charge in [-0.2, -0.15) is 0 Å². The zero-order valence-electron chi connectivity index (χ0n) is 17.8. The number of benzene rings is 3. The number of rotatable bonds is 7. The number of carbonyl (C=O) groups is 1. The molecule has 6 nitrogen and oxygen atoms in total. The lowest BCUT2D eigenvalue weighted by molar-refractivity contribution is 0.102. The van der Waals surface area contributed by atoms with Crippen LogP contribution in [-0.4, -0.2) is 19.9 Å².